The standard InChI is InChI=1S/C14H13ClN2/c1-2-3-4-9-16-13-8-7-12(15)11-6-5-10-17-14(11)13/h5-8,10,16H,4,9H2,1H3. The predicted octanol–water partition coefficient (Wildman–Crippen LogP) is 3.71. The molecule has 0 aliphatic heterocycles. The van der Waals surface area contributed by atoms with Gasteiger partial charge < -0.3 is 5.32 Å². The zero-order valence-electron chi connectivity index (χ0n) is 9.63. The van der Waals surface area contributed by atoms with Gasteiger partial charge >= 0.3 is 0 Å². The number of anilines is 1. The molecule has 2 rings (SSSR count). The van der Waals surface area contributed by atoms with Gasteiger partial charge in [-0.2, -0.15) is 0 Å². The second-order valence-electron chi connectivity index (χ2n) is 3.60. The van der Waals surface area contributed by atoms with Gasteiger partial charge in [-0.25, -0.2) is 0 Å². The van der Waals surface area contributed by atoms with Crippen molar-refractivity contribution < 1.29 is 0 Å². The maximum Gasteiger partial charge on any atom is 0.0948 e. The summed E-state index contributed by atoms with van der Waals surface area (Å²) in [5.41, 5.74) is 1.91. The molecule has 0 saturated carbocycles. The van der Waals surface area contributed by atoms with E-state index in [0.29, 0.717) is 0 Å². The summed E-state index contributed by atoms with van der Waals surface area (Å²) < 4.78 is 0. The van der Waals surface area contributed by atoms with E-state index in [0.717, 1.165) is 34.6 Å². The summed E-state index contributed by atoms with van der Waals surface area (Å²) in [6, 6.07) is 7.71. The summed E-state index contributed by atoms with van der Waals surface area (Å²) in [5.74, 6) is 5.89. The average Bonchev–Trinajstić information content (AvgIpc) is 2.37. The number of benzene rings is 1. The second-order valence-corrected chi connectivity index (χ2v) is 4.01. The van der Waals surface area contributed by atoms with E-state index >= 15 is 0 Å². The van der Waals surface area contributed by atoms with Crippen LogP contribution in [0.2, 0.25) is 5.02 Å². The van der Waals surface area contributed by atoms with Crippen LogP contribution in [0.5, 0.6) is 0 Å². The van der Waals surface area contributed by atoms with E-state index in [4.69, 9.17) is 11.6 Å². The fourth-order valence-corrected chi connectivity index (χ4v) is 1.88. The molecule has 1 heterocycles. The molecule has 17 heavy (non-hydrogen) atoms. The molecule has 0 aliphatic carbocycles. The lowest BCUT2D eigenvalue weighted by atomic mass is 10.2. The molecule has 2 aromatic rings. The Morgan fingerprint density at radius 2 is 2.24 bits per heavy atom. The monoisotopic (exact) mass is 244 g/mol. The van der Waals surface area contributed by atoms with Gasteiger partial charge in [0, 0.05) is 24.5 Å². The molecular formula is C14H13ClN2. The van der Waals surface area contributed by atoms with Crippen molar-refractivity contribution >= 4 is 28.2 Å². The number of nitrogens with zero attached hydrogens (tertiary/aromatic N) is 1. The molecule has 0 atom stereocenters. The fraction of sp³-hybridized carbons (Fsp3) is 0.214. The minimum absolute atomic E-state index is 0.729. The molecule has 0 bridgehead atoms. The number of pyridine rings is 1. The Morgan fingerprint density at radius 3 is 3.06 bits per heavy atom. The SMILES string of the molecule is CC#CCCNc1ccc(Cl)c2cccnc12. The lowest BCUT2D eigenvalue weighted by Crippen LogP contribution is -2.01. The van der Waals surface area contributed by atoms with Crippen LogP contribution in [0.15, 0.2) is 30.5 Å². The molecule has 1 aromatic carbocycles. The van der Waals surface area contributed by atoms with Gasteiger partial charge in [0.05, 0.1) is 16.2 Å². The average molecular weight is 245 g/mol. The van der Waals surface area contributed by atoms with Crippen LogP contribution in [0.1, 0.15) is 13.3 Å². The Hall–Kier alpha value is -1.72. The first-order chi connectivity index (χ1) is 8.33. The Kier molecular flexibility index (Phi) is 3.85. The quantitative estimate of drug-likeness (QED) is 0.658. The third-order valence-corrected chi connectivity index (χ3v) is 2.79. The lowest BCUT2D eigenvalue weighted by Gasteiger charge is -2.08. The smallest absolute Gasteiger partial charge is 0.0948 e. The van der Waals surface area contributed by atoms with Crippen molar-refractivity contribution in [2.45, 2.75) is 13.3 Å². The van der Waals surface area contributed by atoms with Gasteiger partial charge in [-0.15, -0.1) is 11.8 Å². The van der Waals surface area contributed by atoms with Crippen LogP contribution < -0.4 is 5.32 Å². The van der Waals surface area contributed by atoms with E-state index < -0.39 is 0 Å². The van der Waals surface area contributed by atoms with Crippen LogP contribution in [0.25, 0.3) is 10.9 Å². The van der Waals surface area contributed by atoms with Crippen LogP contribution in [-0.2, 0) is 0 Å². The normalized spacial score (nSPS) is 9.76. The van der Waals surface area contributed by atoms with Gasteiger partial charge in [-0.3, -0.25) is 4.98 Å². The molecule has 2 nitrogen and oxygen atoms in total. The third-order valence-electron chi connectivity index (χ3n) is 2.46. The highest BCUT2D eigenvalue weighted by Crippen LogP contribution is 2.27. The lowest BCUT2D eigenvalue weighted by molar-refractivity contribution is 1.10. The van der Waals surface area contributed by atoms with Gasteiger partial charge in [0.15, 0.2) is 0 Å². The molecular weight excluding hydrogens is 232 g/mol. The fourth-order valence-electron chi connectivity index (χ4n) is 1.67. The maximum absolute atomic E-state index is 6.12. The van der Waals surface area contributed by atoms with Crippen LogP contribution in [0, 0.1) is 11.8 Å². The van der Waals surface area contributed by atoms with Crippen LogP contribution >= 0.6 is 11.6 Å². The van der Waals surface area contributed by atoms with Crippen LogP contribution in [-0.4, -0.2) is 11.5 Å². The summed E-state index contributed by atoms with van der Waals surface area (Å²) in [6.45, 7) is 2.66. The van der Waals surface area contributed by atoms with Crippen molar-refractivity contribution in [1.82, 2.24) is 4.98 Å². The topological polar surface area (TPSA) is 24.9 Å². The van der Waals surface area contributed by atoms with E-state index in [-0.39, 0.29) is 0 Å². The number of nitrogens with one attached hydrogen (secondary N) is 1. The highest BCUT2D eigenvalue weighted by atomic mass is 35.5. The molecule has 0 spiro atoms. The molecule has 0 aliphatic rings. The number of hydrogen-bond donors (Lipinski definition) is 1. The van der Waals surface area contributed by atoms with Crippen molar-refractivity contribution in [3.63, 3.8) is 0 Å². The maximum atomic E-state index is 6.12. The molecule has 3 heteroatoms. The summed E-state index contributed by atoms with van der Waals surface area (Å²) in [7, 11) is 0. The number of rotatable bonds is 3. The summed E-state index contributed by atoms with van der Waals surface area (Å²) in [6.07, 6.45) is 2.60. The number of hydrogen-bond acceptors (Lipinski definition) is 2. The van der Waals surface area contributed by atoms with Gasteiger partial charge in [0.25, 0.3) is 0 Å². The van der Waals surface area contributed by atoms with E-state index in [1.54, 1.807) is 6.20 Å². The zero-order chi connectivity index (χ0) is 12.1. The molecule has 0 amide bonds. The van der Waals surface area contributed by atoms with E-state index in [1.165, 1.54) is 0 Å². The highest BCUT2D eigenvalue weighted by Gasteiger charge is 2.04. The molecule has 86 valence electrons. The predicted molar refractivity (Wildman–Crippen MR) is 73.3 cm³/mol. The van der Waals surface area contributed by atoms with Gasteiger partial charge in [-0.05, 0) is 31.2 Å². The first-order valence-electron chi connectivity index (χ1n) is 5.49. The second kappa shape index (κ2) is 5.56. The Balaban J connectivity index is 2.27. The van der Waals surface area contributed by atoms with Crippen molar-refractivity contribution in [2.24, 2.45) is 0 Å². The molecule has 0 saturated heterocycles. The number of halogens is 1. The largest absolute Gasteiger partial charge is 0.382 e. The number of fused-ring (bicyclic) bond motifs is 1. The molecule has 0 unspecified atom stereocenters. The Bertz CT molecular complexity index is 582. The van der Waals surface area contributed by atoms with Gasteiger partial charge in [0.2, 0.25) is 0 Å². The van der Waals surface area contributed by atoms with Gasteiger partial charge in [-0.1, -0.05) is 11.6 Å². The molecule has 1 N–H and O–H groups in total. The van der Waals surface area contributed by atoms with Crippen molar-refractivity contribution in [3.8, 4) is 11.8 Å². The van der Waals surface area contributed by atoms with E-state index in [1.807, 2.05) is 31.2 Å². The summed E-state index contributed by atoms with van der Waals surface area (Å²) in [5, 5.41) is 5.03. The summed E-state index contributed by atoms with van der Waals surface area (Å²) >= 11 is 6.12. The Labute approximate surface area is 106 Å². The minimum atomic E-state index is 0.729. The first-order valence-corrected chi connectivity index (χ1v) is 5.87. The van der Waals surface area contributed by atoms with Crippen molar-refractivity contribution in [2.75, 3.05) is 11.9 Å². The molecule has 0 radical (unpaired) electrons. The molecule has 0 fully saturated rings. The number of aromatic nitrogens is 1. The minimum Gasteiger partial charge on any atom is -0.382 e. The van der Waals surface area contributed by atoms with Crippen molar-refractivity contribution in [1.29, 1.82) is 0 Å². The van der Waals surface area contributed by atoms with Crippen LogP contribution in [0.4, 0.5) is 5.69 Å². The first kappa shape index (κ1) is 11.8. The van der Waals surface area contributed by atoms with E-state index in [9.17, 15) is 0 Å². The Morgan fingerprint density at radius 1 is 1.35 bits per heavy atom. The van der Waals surface area contributed by atoms with E-state index in [2.05, 4.69) is 22.1 Å². The molecule has 1 aromatic heterocycles. The summed E-state index contributed by atoms with van der Waals surface area (Å²) in [4.78, 5) is 4.36. The van der Waals surface area contributed by atoms with Gasteiger partial charge in [0.1, 0.15) is 0 Å². The van der Waals surface area contributed by atoms with Crippen LogP contribution in [0.3, 0.4) is 0 Å². The third kappa shape index (κ3) is 2.69. The van der Waals surface area contributed by atoms with Crippen molar-refractivity contribution in [3.05, 3.63) is 35.5 Å². The zero-order valence-corrected chi connectivity index (χ0v) is 10.4. The highest BCUT2D eigenvalue weighted by molar-refractivity contribution is 6.35.